The molecule has 6 aromatic rings. The molecule has 0 radical (unpaired) electrons. The fourth-order valence-electron chi connectivity index (χ4n) is 9.69. The molecule has 5 heteroatoms. The maximum atomic E-state index is 6.39. The fraction of sp³-hybridized carbons (Fsp3) is 0.120. The van der Waals surface area contributed by atoms with Crippen molar-refractivity contribution >= 4 is 86.3 Å². The molecule has 2 unspecified atom stereocenters. The Labute approximate surface area is 334 Å². The maximum Gasteiger partial charge on any atom is 0.114 e. The van der Waals surface area contributed by atoms with Crippen LogP contribution in [0.4, 0.5) is 0 Å². The molecule has 264 valence electrons. The average Bonchev–Trinajstić information content (AvgIpc) is 3.91. The molecular formula is C50H38N2S2Si. The molecule has 0 N–H and O–H groups in total. The van der Waals surface area contributed by atoms with Gasteiger partial charge in [0, 0.05) is 55.9 Å². The van der Waals surface area contributed by atoms with E-state index in [9.17, 15) is 0 Å². The van der Waals surface area contributed by atoms with Gasteiger partial charge in [-0.15, -0.1) is 0 Å². The number of fused-ring (bicyclic) bond motifs is 4. The largest absolute Gasteiger partial charge is 0.256 e. The SMILES string of the molecule is CC1=CC2C(=C(c3cnc4ccccc4c3)C([Si](C)(C)C3=C(c4ccccc4)C4C=C(C)C(=S)C4=C3c3cnc4ccccc4c3)=C2c2ccccc2)C1=S. The van der Waals surface area contributed by atoms with Gasteiger partial charge in [0.25, 0.3) is 0 Å². The summed E-state index contributed by atoms with van der Waals surface area (Å²) in [6.07, 6.45) is 8.99. The fourth-order valence-corrected chi connectivity index (χ4v) is 14.3. The van der Waals surface area contributed by atoms with Crippen LogP contribution in [0.3, 0.4) is 0 Å². The van der Waals surface area contributed by atoms with Gasteiger partial charge in [0.1, 0.15) is 8.07 Å². The van der Waals surface area contributed by atoms with Crippen molar-refractivity contribution in [1.29, 1.82) is 0 Å². The van der Waals surface area contributed by atoms with Gasteiger partial charge < -0.3 is 0 Å². The van der Waals surface area contributed by atoms with E-state index in [1.165, 1.54) is 66.1 Å². The molecule has 4 aliphatic rings. The van der Waals surface area contributed by atoms with Crippen LogP contribution in [0.2, 0.25) is 13.1 Å². The highest BCUT2D eigenvalue weighted by Crippen LogP contribution is 2.61. The predicted molar refractivity (Wildman–Crippen MR) is 241 cm³/mol. The molecule has 0 bridgehead atoms. The van der Waals surface area contributed by atoms with Crippen molar-refractivity contribution in [2.24, 2.45) is 11.8 Å². The molecule has 4 aliphatic carbocycles. The molecule has 2 nitrogen and oxygen atoms in total. The Bertz CT molecular complexity index is 2690. The monoisotopic (exact) mass is 758 g/mol. The van der Waals surface area contributed by atoms with Crippen LogP contribution in [-0.2, 0) is 0 Å². The first-order valence-electron chi connectivity index (χ1n) is 19.0. The molecule has 4 aromatic carbocycles. The average molecular weight is 759 g/mol. The number of benzene rings is 4. The summed E-state index contributed by atoms with van der Waals surface area (Å²) >= 11 is 12.8. The van der Waals surface area contributed by atoms with Gasteiger partial charge in [0.15, 0.2) is 0 Å². The summed E-state index contributed by atoms with van der Waals surface area (Å²) in [6.45, 7) is 9.48. The van der Waals surface area contributed by atoms with Gasteiger partial charge in [-0.05, 0) is 104 Å². The molecule has 0 saturated carbocycles. The van der Waals surface area contributed by atoms with E-state index in [0.29, 0.717) is 0 Å². The highest BCUT2D eigenvalue weighted by Gasteiger charge is 2.51. The van der Waals surface area contributed by atoms with Crippen molar-refractivity contribution in [3.8, 4) is 0 Å². The molecule has 0 fully saturated rings. The smallest absolute Gasteiger partial charge is 0.114 e. The molecular weight excluding hydrogens is 721 g/mol. The lowest BCUT2D eigenvalue weighted by Gasteiger charge is -2.34. The lowest BCUT2D eigenvalue weighted by atomic mass is 9.92. The maximum absolute atomic E-state index is 6.39. The Morgan fingerprint density at radius 2 is 0.855 bits per heavy atom. The molecule has 55 heavy (non-hydrogen) atoms. The first-order valence-corrected chi connectivity index (χ1v) is 22.8. The minimum atomic E-state index is -2.78. The van der Waals surface area contributed by atoms with Crippen LogP contribution in [0.25, 0.3) is 44.1 Å². The Morgan fingerprint density at radius 3 is 1.27 bits per heavy atom. The summed E-state index contributed by atoms with van der Waals surface area (Å²) in [4.78, 5) is 12.0. The number of aromatic nitrogens is 2. The van der Waals surface area contributed by atoms with Gasteiger partial charge in [-0.1, -0.05) is 147 Å². The zero-order valence-electron chi connectivity index (χ0n) is 31.2. The van der Waals surface area contributed by atoms with Gasteiger partial charge in [-0.3, -0.25) is 9.97 Å². The van der Waals surface area contributed by atoms with Crippen LogP contribution in [-0.4, -0.2) is 27.8 Å². The van der Waals surface area contributed by atoms with Crippen molar-refractivity contribution in [3.05, 3.63) is 201 Å². The molecule has 0 saturated heterocycles. The molecule has 10 rings (SSSR count). The Morgan fingerprint density at radius 1 is 0.473 bits per heavy atom. The Balaban J connectivity index is 1.33. The third kappa shape index (κ3) is 5.17. The van der Waals surface area contributed by atoms with Crippen LogP contribution in [0.15, 0.2) is 179 Å². The van der Waals surface area contributed by atoms with E-state index in [1.54, 1.807) is 0 Å². The van der Waals surface area contributed by atoms with E-state index in [-0.39, 0.29) is 11.8 Å². The summed E-state index contributed by atoms with van der Waals surface area (Å²) in [5, 5.41) is 5.09. The second-order valence-electron chi connectivity index (χ2n) is 15.7. The van der Waals surface area contributed by atoms with Gasteiger partial charge in [0.05, 0.1) is 11.0 Å². The summed E-state index contributed by atoms with van der Waals surface area (Å²) in [7, 11) is -2.78. The second-order valence-corrected chi connectivity index (χ2v) is 20.7. The van der Waals surface area contributed by atoms with Crippen molar-refractivity contribution < 1.29 is 0 Å². The van der Waals surface area contributed by atoms with Gasteiger partial charge in [-0.2, -0.15) is 0 Å². The number of hydrogen-bond acceptors (Lipinski definition) is 4. The van der Waals surface area contributed by atoms with Crippen LogP contribution < -0.4 is 0 Å². The number of allylic oxidation sites excluding steroid dienone is 12. The van der Waals surface area contributed by atoms with E-state index in [2.05, 4.69) is 173 Å². The minimum absolute atomic E-state index is 0.0569. The predicted octanol–water partition coefficient (Wildman–Crippen LogP) is 12.6. The van der Waals surface area contributed by atoms with Crippen LogP contribution in [0, 0.1) is 11.8 Å². The zero-order valence-corrected chi connectivity index (χ0v) is 33.9. The number of thiocarbonyl (C=S) groups is 2. The van der Waals surface area contributed by atoms with Gasteiger partial charge in [-0.25, -0.2) is 0 Å². The molecule has 2 aromatic heterocycles. The van der Waals surface area contributed by atoms with Crippen LogP contribution >= 0.6 is 24.4 Å². The Hall–Kier alpha value is -5.46. The van der Waals surface area contributed by atoms with E-state index in [0.717, 1.165) is 42.7 Å². The lowest BCUT2D eigenvalue weighted by molar-refractivity contribution is 1.09. The third-order valence-corrected chi connectivity index (χ3v) is 16.7. The summed E-state index contributed by atoms with van der Waals surface area (Å²) in [6, 6.07) is 43.5. The molecule has 2 atom stereocenters. The summed E-state index contributed by atoms with van der Waals surface area (Å²) in [5.74, 6) is 0.114. The first kappa shape index (κ1) is 34.1. The van der Waals surface area contributed by atoms with Crippen LogP contribution in [0.5, 0.6) is 0 Å². The normalized spacial score (nSPS) is 19.6. The summed E-state index contributed by atoms with van der Waals surface area (Å²) < 4.78 is 0. The van der Waals surface area contributed by atoms with E-state index in [4.69, 9.17) is 34.4 Å². The third-order valence-electron chi connectivity index (χ3n) is 12.0. The Kier molecular flexibility index (Phi) is 7.93. The van der Waals surface area contributed by atoms with Crippen molar-refractivity contribution in [2.75, 3.05) is 0 Å². The zero-order chi connectivity index (χ0) is 37.6. The molecule has 0 aliphatic heterocycles. The number of nitrogens with zero attached hydrogens (tertiary/aromatic N) is 2. The number of para-hydroxylation sites is 2. The standard InChI is InChI=1S/C50H38N2S2Si/c1-29-23-37-41(31-15-7-5-8-16-31)49(43(45(37)47(29)53)35-25-33-19-11-13-21-39(33)51-27-35)55(3,4)50-42(32-17-9-6-10-18-32)38-24-30(2)48(54)46(38)44(50)36-26-34-20-12-14-22-40(34)52-28-36/h5-28,37-38H,1-4H3. The highest BCUT2D eigenvalue weighted by molar-refractivity contribution is 7.81. The molecule has 0 amide bonds. The van der Waals surface area contributed by atoms with Crippen molar-refractivity contribution in [3.63, 3.8) is 0 Å². The molecule has 0 spiro atoms. The van der Waals surface area contributed by atoms with Crippen LogP contribution in [0.1, 0.15) is 36.1 Å². The number of hydrogen-bond donors (Lipinski definition) is 0. The van der Waals surface area contributed by atoms with Crippen molar-refractivity contribution in [2.45, 2.75) is 26.9 Å². The lowest BCUT2D eigenvalue weighted by Crippen LogP contribution is -2.35. The van der Waals surface area contributed by atoms with Gasteiger partial charge in [0.2, 0.25) is 0 Å². The first-order chi connectivity index (χ1) is 26.7. The van der Waals surface area contributed by atoms with Crippen molar-refractivity contribution in [1.82, 2.24) is 9.97 Å². The quantitative estimate of drug-likeness (QED) is 0.125. The summed E-state index contributed by atoms with van der Waals surface area (Å²) in [5.41, 5.74) is 16.8. The highest BCUT2D eigenvalue weighted by atomic mass is 32.1. The van der Waals surface area contributed by atoms with E-state index < -0.39 is 8.07 Å². The number of rotatable bonds is 6. The van der Waals surface area contributed by atoms with Gasteiger partial charge >= 0.3 is 0 Å². The molecule has 2 heterocycles. The topological polar surface area (TPSA) is 25.8 Å². The number of pyridine rings is 2. The van der Waals surface area contributed by atoms with E-state index in [1.807, 2.05) is 0 Å². The minimum Gasteiger partial charge on any atom is -0.256 e. The van der Waals surface area contributed by atoms with E-state index >= 15 is 0 Å². The second kappa shape index (κ2) is 12.8.